The summed E-state index contributed by atoms with van der Waals surface area (Å²) in [6.45, 7) is 0. The van der Waals surface area contributed by atoms with Gasteiger partial charge in [-0.3, -0.25) is 10.1 Å². The van der Waals surface area contributed by atoms with Crippen LogP contribution in [-0.2, 0) is 0 Å². The lowest BCUT2D eigenvalue weighted by atomic mass is 10.2. The van der Waals surface area contributed by atoms with Gasteiger partial charge in [-0.25, -0.2) is 9.18 Å². The molecule has 4 nitrogen and oxygen atoms in total. The summed E-state index contributed by atoms with van der Waals surface area (Å²) in [5, 5.41) is 3.84. The lowest BCUT2D eigenvalue weighted by Gasteiger charge is -2.11. The quantitative estimate of drug-likeness (QED) is 0.565. The van der Waals surface area contributed by atoms with Crippen LogP contribution < -0.4 is 10.6 Å². The van der Waals surface area contributed by atoms with Gasteiger partial charge in [-0.2, -0.15) is 8.78 Å². The van der Waals surface area contributed by atoms with E-state index in [4.69, 9.17) is 34.8 Å². The highest BCUT2D eigenvalue weighted by atomic mass is 35.5. The Kier molecular flexibility index (Phi) is 7.05. The third kappa shape index (κ3) is 5.20. The Morgan fingerprint density at radius 3 is 2.23 bits per heavy atom. The molecule has 2 rings (SSSR count). The van der Waals surface area contributed by atoms with E-state index >= 15 is 0 Å². The van der Waals surface area contributed by atoms with Crippen molar-refractivity contribution >= 4 is 64.2 Å². The Balaban J connectivity index is 2.13. The maximum atomic E-state index is 13.9. The van der Waals surface area contributed by atoms with Crippen LogP contribution in [0.1, 0.15) is 10.4 Å². The zero-order chi connectivity index (χ0) is 19.4. The maximum Gasteiger partial charge on any atom is 0.326 e. The molecule has 11 heteroatoms. The van der Waals surface area contributed by atoms with E-state index in [1.54, 1.807) is 0 Å². The minimum absolute atomic E-state index is 0.0189. The van der Waals surface area contributed by atoms with E-state index in [2.05, 4.69) is 5.32 Å². The molecular formula is C15H8Cl3F3N2O2S. The fourth-order valence-corrected chi connectivity index (χ4v) is 3.25. The molecule has 0 atom stereocenters. The van der Waals surface area contributed by atoms with Crippen LogP contribution in [0.5, 0.6) is 0 Å². The van der Waals surface area contributed by atoms with Gasteiger partial charge in [0.1, 0.15) is 5.82 Å². The molecule has 0 aliphatic carbocycles. The molecule has 2 N–H and O–H groups in total. The SMILES string of the molecule is O=C(NC(=O)c1c(Cl)cccc1Cl)Nc1cc(Cl)c(SC(F)F)cc1F. The fourth-order valence-electron chi connectivity index (χ4n) is 1.84. The third-order valence-corrected chi connectivity index (χ3v) is 4.73. The number of imide groups is 1. The molecule has 0 bridgehead atoms. The topological polar surface area (TPSA) is 58.2 Å². The van der Waals surface area contributed by atoms with Crippen molar-refractivity contribution in [2.24, 2.45) is 0 Å². The monoisotopic (exact) mass is 442 g/mol. The predicted molar refractivity (Wildman–Crippen MR) is 96.2 cm³/mol. The first kappa shape index (κ1) is 20.7. The van der Waals surface area contributed by atoms with Crippen LogP contribution in [0.4, 0.5) is 23.7 Å². The van der Waals surface area contributed by atoms with Gasteiger partial charge in [0.25, 0.3) is 11.7 Å². The van der Waals surface area contributed by atoms with Crippen molar-refractivity contribution < 1.29 is 22.8 Å². The number of nitrogens with one attached hydrogen (secondary N) is 2. The van der Waals surface area contributed by atoms with Crippen molar-refractivity contribution in [2.45, 2.75) is 10.7 Å². The van der Waals surface area contributed by atoms with E-state index in [-0.39, 0.29) is 37.3 Å². The van der Waals surface area contributed by atoms with E-state index in [1.165, 1.54) is 18.2 Å². The van der Waals surface area contributed by atoms with Gasteiger partial charge in [0.05, 0.1) is 26.3 Å². The Morgan fingerprint density at radius 2 is 1.65 bits per heavy atom. The maximum absolute atomic E-state index is 13.9. The molecule has 0 radical (unpaired) electrons. The van der Waals surface area contributed by atoms with Crippen molar-refractivity contribution in [2.75, 3.05) is 5.32 Å². The summed E-state index contributed by atoms with van der Waals surface area (Å²) >= 11 is 17.5. The molecule has 0 spiro atoms. The number of hydrogen-bond acceptors (Lipinski definition) is 3. The zero-order valence-corrected chi connectivity index (χ0v) is 15.5. The van der Waals surface area contributed by atoms with Gasteiger partial charge in [0.2, 0.25) is 0 Å². The highest BCUT2D eigenvalue weighted by Crippen LogP contribution is 2.35. The normalized spacial score (nSPS) is 10.7. The van der Waals surface area contributed by atoms with Crippen LogP contribution in [0.15, 0.2) is 35.2 Å². The molecule has 26 heavy (non-hydrogen) atoms. The second-order valence-corrected chi connectivity index (χ2v) is 6.90. The molecule has 0 fully saturated rings. The van der Waals surface area contributed by atoms with Gasteiger partial charge in [0.15, 0.2) is 0 Å². The number of carbonyl (C=O) groups is 2. The molecule has 3 amide bonds. The van der Waals surface area contributed by atoms with Crippen LogP contribution >= 0.6 is 46.6 Å². The molecule has 2 aromatic rings. The van der Waals surface area contributed by atoms with Crippen LogP contribution in [0.2, 0.25) is 15.1 Å². The summed E-state index contributed by atoms with van der Waals surface area (Å²) in [5.74, 6) is -4.70. The molecule has 2 aromatic carbocycles. The van der Waals surface area contributed by atoms with Crippen LogP contribution in [0, 0.1) is 5.82 Å². The van der Waals surface area contributed by atoms with E-state index in [0.717, 1.165) is 12.1 Å². The zero-order valence-electron chi connectivity index (χ0n) is 12.5. The fraction of sp³-hybridized carbons (Fsp3) is 0.0667. The molecule has 0 aliphatic heterocycles. The lowest BCUT2D eigenvalue weighted by Crippen LogP contribution is -2.34. The molecule has 0 unspecified atom stereocenters. The van der Waals surface area contributed by atoms with Crippen molar-refractivity contribution in [3.05, 3.63) is 56.8 Å². The minimum atomic E-state index is -2.79. The summed E-state index contributed by atoms with van der Waals surface area (Å²) < 4.78 is 38.7. The average molecular weight is 444 g/mol. The molecule has 0 saturated carbocycles. The molecule has 0 aromatic heterocycles. The number of alkyl halides is 2. The first-order valence-corrected chi connectivity index (χ1v) is 8.70. The summed E-state index contributed by atoms with van der Waals surface area (Å²) in [5.41, 5.74) is -0.530. The number of hydrogen-bond donors (Lipinski definition) is 2. The molecular weight excluding hydrogens is 436 g/mol. The van der Waals surface area contributed by atoms with Crippen LogP contribution in [0.25, 0.3) is 0 Å². The van der Waals surface area contributed by atoms with Crippen molar-refractivity contribution in [3.8, 4) is 0 Å². The van der Waals surface area contributed by atoms with Crippen LogP contribution in [0.3, 0.4) is 0 Å². The highest BCUT2D eigenvalue weighted by Gasteiger charge is 2.19. The number of halogens is 6. The number of benzene rings is 2. The van der Waals surface area contributed by atoms with Gasteiger partial charge in [-0.1, -0.05) is 52.6 Å². The number of carbonyl (C=O) groups excluding carboxylic acids is 2. The smallest absolute Gasteiger partial charge is 0.305 e. The Morgan fingerprint density at radius 1 is 1.04 bits per heavy atom. The minimum Gasteiger partial charge on any atom is -0.305 e. The molecule has 138 valence electrons. The summed E-state index contributed by atoms with van der Waals surface area (Å²) in [6, 6.07) is 4.93. The average Bonchev–Trinajstić information content (AvgIpc) is 2.51. The van der Waals surface area contributed by atoms with Gasteiger partial charge in [-0.05, 0) is 24.3 Å². The number of thioether (sulfide) groups is 1. The first-order valence-electron chi connectivity index (χ1n) is 6.69. The second-order valence-electron chi connectivity index (χ2n) is 4.65. The Hall–Kier alpha value is -1.61. The molecule has 0 heterocycles. The second kappa shape index (κ2) is 8.85. The third-order valence-electron chi connectivity index (χ3n) is 2.90. The number of amides is 3. The summed E-state index contributed by atoms with van der Waals surface area (Å²) in [6.07, 6.45) is 0. The van der Waals surface area contributed by atoms with E-state index in [9.17, 15) is 22.8 Å². The largest absolute Gasteiger partial charge is 0.326 e. The number of rotatable bonds is 4. The van der Waals surface area contributed by atoms with Gasteiger partial charge in [0, 0.05) is 4.90 Å². The Bertz CT molecular complexity index is 848. The van der Waals surface area contributed by atoms with Crippen molar-refractivity contribution in [3.63, 3.8) is 0 Å². The highest BCUT2D eigenvalue weighted by molar-refractivity contribution is 7.99. The van der Waals surface area contributed by atoms with Crippen LogP contribution in [-0.4, -0.2) is 17.7 Å². The van der Waals surface area contributed by atoms with Gasteiger partial charge >= 0.3 is 6.03 Å². The van der Waals surface area contributed by atoms with Gasteiger partial charge in [-0.15, -0.1) is 0 Å². The summed E-state index contributed by atoms with van der Waals surface area (Å²) in [7, 11) is 0. The van der Waals surface area contributed by atoms with Crippen molar-refractivity contribution in [1.29, 1.82) is 0 Å². The molecule has 0 aliphatic rings. The summed E-state index contributed by atoms with van der Waals surface area (Å²) in [4.78, 5) is 23.8. The number of anilines is 1. The van der Waals surface area contributed by atoms with E-state index < -0.39 is 29.2 Å². The van der Waals surface area contributed by atoms with Crippen molar-refractivity contribution in [1.82, 2.24) is 5.32 Å². The number of urea groups is 1. The predicted octanol–water partition coefficient (Wildman–Crippen LogP) is 6.06. The van der Waals surface area contributed by atoms with Gasteiger partial charge < -0.3 is 5.32 Å². The molecule has 0 saturated heterocycles. The lowest BCUT2D eigenvalue weighted by molar-refractivity contribution is 0.0967. The van der Waals surface area contributed by atoms with E-state index in [1.807, 2.05) is 5.32 Å². The first-order chi connectivity index (χ1) is 12.2. The standard InChI is InChI=1S/C15H8Cl3F3N2O2S/c16-6-2-1-3-7(17)12(6)13(24)23-15(25)22-10-4-8(18)11(5-9(10)19)26-14(20)21/h1-5,14H,(H2,22,23,24,25). The van der Waals surface area contributed by atoms with E-state index in [0.29, 0.717) is 0 Å². The Labute approximate surface area is 165 Å².